The van der Waals surface area contributed by atoms with Crippen molar-refractivity contribution in [3.8, 4) is 17.7 Å². The summed E-state index contributed by atoms with van der Waals surface area (Å²) < 4.78 is 6.55. The number of aromatic hydroxyl groups is 1. The van der Waals surface area contributed by atoms with Crippen molar-refractivity contribution in [1.29, 1.82) is 5.26 Å². The van der Waals surface area contributed by atoms with Crippen LogP contribution in [-0.4, -0.2) is 22.1 Å². The molecule has 0 bridgehead atoms. The third-order valence-electron chi connectivity index (χ3n) is 3.91. The minimum atomic E-state index is -0.589. The minimum absolute atomic E-state index is 0.0447. The maximum atomic E-state index is 13.1. The van der Waals surface area contributed by atoms with E-state index < -0.39 is 17.2 Å². The molecule has 0 aliphatic rings. The Bertz CT molecular complexity index is 907. The van der Waals surface area contributed by atoms with E-state index in [2.05, 4.69) is 0 Å². The molecule has 0 spiro atoms. The molecule has 6 nitrogen and oxygen atoms in total. The van der Waals surface area contributed by atoms with Crippen molar-refractivity contribution in [2.45, 2.75) is 33.7 Å². The van der Waals surface area contributed by atoms with Gasteiger partial charge in [-0.25, -0.2) is 0 Å². The lowest BCUT2D eigenvalue weighted by molar-refractivity contribution is 0.103. The van der Waals surface area contributed by atoms with Gasteiger partial charge in [-0.15, -0.1) is 0 Å². The highest BCUT2D eigenvalue weighted by atomic mass is 16.5. The van der Waals surface area contributed by atoms with Crippen LogP contribution in [-0.2, 0) is 6.54 Å². The Hall–Kier alpha value is -3.07. The van der Waals surface area contributed by atoms with E-state index in [0.717, 1.165) is 4.57 Å². The zero-order valence-corrected chi connectivity index (χ0v) is 14.5. The first-order valence-electron chi connectivity index (χ1n) is 8.10. The number of nitriles is 1. The summed E-state index contributed by atoms with van der Waals surface area (Å²) in [6.07, 6.45) is 0.574. The molecule has 0 atom stereocenters. The molecule has 0 saturated heterocycles. The number of aromatic nitrogens is 1. The third kappa shape index (κ3) is 3.26. The van der Waals surface area contributed by atoms with Gasteiger partial charge in [-0.05, 0) is 38.0 Å². The van der Waals surface area contributed by atoms with Crippen molar-refractivity contribution < 1.29 is 14.6 Å². The van der Waals surface area contributed by atoms with Crippen LogP contribution in [0.1, 0.15) is 47.3 Å². The maximum Gasteiger partial charge on any atom is 0.271 e. The molecular formula is C19H20N2O4. The second-order valence-corrected chi connectivity index (χ2v) is 5.53. The molecule has 1 aromatic carbocycles. The number of para-hydroxylation sites is 1. The second-order valence-electron chi connectivity index (χ2n) is 5.53. The fourth-order valence-corrected chi connectivity index (χ4v) is 2.72. The van der Waals surface area contributed by atoms with Gasteiger partial charge >= 0.3 is 0 Å². The van der Waals surface area contributed by atoms with Gasteiger partial charge in [-0.3, -0.25) is 14.2 Å². The van der Waals surface area contributed by atoms with E-state index in [9.17, 15) is 20.0 Å². The van der Waals surface area contributed by atoms with Crippen LogP contribution in [0.2, 0.25) is 0 Å². The van der Waals surface area contributed by atoms with E-state index in [1.807, 2.05) is 13.0 Å². The summed E-state index contributed by atoms with van der Waals surface area (Å²) in [5, 5.41) is 19.9. The van der Waals surface area contributed by atoms with Crippen molar-refractivity contribution in [2.24, 2.45) is 0 Å². The van der Waals surface area contributed by atoms with E-state index in [4.69, 9.17) is 4.74 Å². The summed E-state index contributed by atoms with van der Waals surface area (Å²) in [7, 11) is 0. The molecule has 2 aromatic rings. The molecule has 2 rings (SSSR count). The predicted molar refractivity (Wildman–Crippen MR) is 93.2 cm³/mol. The largest absolute Gasteiger partial charge is 0.494 e. The van der Waals surface area contributed by atoms with Crippen molar-refractivity contribution in [3.05, 3.63) is 56.9 Å². The summed E-state index contributed by atoms with van der Waals surface area (Å²) in [5.74, 6) is -0.513. The Balaban J connectivity index is 2.75. The van der Waals surface area contributed by atoms with Crippen LogP contribution in [0.5, 0.6) is 11.6 Å². The molecule has 1 aromatic heterocycles. The molecule has 130 valence electrons. The summed E-state index contributed by atoms with van der Waals surface area (Å²) in [5.41, 5.74) is -0.323. The normalized spacial score (nSPS) is 10.3. The first kappa shape index (κ1) is 18.3. The number of carbonyl (C=O) groups excluding carboxylic acids is 1. The molecule has 0 saturated carbocycles. The van der Waals surface area contributed by atoms with Gasteiger partial charge in [-0.1, -0.05) is 19.1 Å². The quantitative estimate of drug-likeness (QED) is 0.816. The van der Waals surface area contributed by atoms with Gasteiger partial charge in [-0.2, -0.15) is 5.26 Å². The van der Waals surface area contributed by atoms with Gasteiger partial charge in [0.25, 0.3) is 5.56 Å². The van der Waals surface area contributed by atoms with Crippen LogP contribution >= 0.6 is 0 Å². The van der Waals surface area contributed by atoms with Crippen LogP contribution < -0.4 is 10.3 Å². The van der Waals surface area contributed by atoms with Gasteiger partial charge in [0.15, 0.2) is 0 Å². The number of ether oxygens (including phenoxy) is 1. The van der Waals surface area contributed by atoms with Crippen LogP contribution in [0.3, 0.4) is 0 Å². The molecule has 0 radical (unpaired) electrons. The Labute approximate surface area is 145 Å². The highest BCUT2D eigenvalue weighted by molar-refractivity contribution is 6.13. The average molecular weight is 340 g/mol. The fourth-order valence-electron chi connectivity index (χ4n) is 2.72. The molecule has 6 heteroatoms. The van der Waals surface area contributed by atoms with Crippen LogP contribution in [0.4, 0.5) is 0 Å². The summed E-state index contributed by atoms with van der Waals surface area (Å²) in [4.78, 5) is 25.4. The topological polar surface area (TPSA) is 92.3 Å². The SMILES string of the molecule is CCCn1c(O)c(C(=O)c2ccccc2OCC)c(C)c(C#N)c1=O. The molecule has 0 amide bonds. The Morgan fingerprint density at radius 2 is 2.00 bits per heavy atom. The highest BCUT2D eigenvalue weighted by Gasteiger charge is 2.26. The zero-order chi connectivity index (χ0) is 18.6. The van der Waals surface area contributed by atoms with Gasteiger partial charge in [0.1, 0.15) is 17.4 Å². The first-order valence-corrected chi connectivity index (χ1v) is 8.10. The molecule has 25 heavy (non-hydrogen) atoms. The first-order chi connectivity index (χ1) is 12.0. The van der Waals surface area contributed by atoms with Gasteiger partial charge < -0.3 is 9.84 Å². The molecule has 0 aliphatic heterocycles. The van der Waals surface area contributed by atoms with Crippen molar-refractivity contribution in [1.82, 2.24) is 4.57 Å². The average Bonchev–Trinajstić information content (AvgIpc) is 2.60. The van der Waals surface area contributed by atoms with Crippen LogP contribution in [0.15, 0.2) is 29.1 Å². The van der Waals surface area contributed by atoms with E-state index in [1.54, 1.807) is 31.2 Å². The third-order valence-corrected chi connectivity index (χ3v) is 3.91. The number of nitrogens with zero attached hydrogens (tertiary/aromatic N) is 2. The smallest absolute Gasteiger partial charge is 0.271 e. The molecule has 1 N–H and O–H groups in total. The minimum Gasteiger partial charge on any atom is -0.494 e. The van der Waals surface area contributed by atoms with E-state index in [1.165, 1.54) is 6.92 Å². The molecule has 0 aliphatic carbocycles. The number of rotatable bonds is 6. The summed E-state index contributed by atoms with van der Waals surface area (Å²) >= 11 is 0. The zero-order valence-electron chi connectivity index (χ0n) is 14.5. The fraction of sp³-hybridized carbons (Fsp3) is 0.316. The van der Waals surface area contributed by atoms with Crippen molar-refractivity contribution in [3.63, 3.8) is 0 Å². The van der Waals surface area contributed by atoms with Crippen molar-refractivity contribution >= 4 is 5.78 Å². The maximum absolute atomic E-state index is 13.1. The lowest BCUT2D eigenvalue weighted by Crippen LogP contribution is -2.26. The molecule has 1 heterocycles. The predicted octanol–water partition coefficient (Wildman–Crippen LogP) is 2.77. The number of ketones is 1. The summed E-state index contributed by atoms with van der Waals surface area (Å²) in [6, 6.07) is 8.54. The van der Waals surface area contributed by atoms with Crippen LogP contribution in [0.25, 0.3) is 0 Å². The highest BCUT2D eigenvalue weighted by Crippen LogP contribution is 2.28. The second kappa shape index (κ2) is 7.67. The number of benzene rings is 1. The number of hydrogen-bond donors (Lipinski definition) is 1. The van der Waals surface area contributed by atoms with E-state index >= 15 is 0 Å². The van der Waals surface area contributed by atoms with Gasteiger partial charge in [0.05, 0.1) is 17.7 Å². The molecule has 0 unspecified atom stereocenters. The van der Waals surface area contributed by atoms with E-state index in [-0.39, 0.29) is 28.8 Å². The number of carbonyl (C=O) groups is 1. The number of pyridine rings is 1. The Kier molecular flexibility index (Phi) is 5.60. The van der Waals surface area contributed by atoms with Gasteiger partial charge in [0, 0.05) is 6.54 Å². The van der Waals surface area contributed by atoms with Crippen molar-refractivity contribution in [2.75, 3.05) is 6.61 Å². The Morgan fingerprint density at radius 3 is 2.60 bits per heavy atom. The number of hydrogen-bond acceptors (Lipinski definition) is 5. The van der Waals surface area contributed by atoms with E-state index in [0.29, 0.717) is 18.8 Å². The molecular weight excluding hydrogens is 320 g/mol. The molecule has 0 fully saturated rings. The van der Waals surface area contributed by atoms with Crippen LogP contribution in [0, 0.1) is 18.3 Å². The monoisotopic (exact) mass is 340 g/mol. The standard InChI is InChI=1S/C19H20N2O4/c1-4-10-21-18(23)14(11-20)12(3)16(19(21)24)17(22)13-8-6-7-9-15(13)25-5-2/h6-9,24H,4-5,10H2,1-3H3. The summed E-state index contributed by atoms with van der Waals surface area (Å²) in [6.45, 7) is 5.73. The lowest BCUT2D eigenvalue weighted by atomic mass is 9.96. The van der Waals surface area contributed by atoms with Gasteiger partial charge in [0.2, 0.25) is 11.7 Å². The lowest BCUT2D eigenvalue weighted by Gasteiger charge is -2.16. The Morgan fingerprint density at radius 1 is 1.32 bits per heavy atom.